The average Bonchev–Trinajstić information content (AvgIpc) is 2.42. The number of nitrogens with zero attached hydrogens (tertiary/aromatic N) is 2. The van der Waals surface area contributed by atoms with Crippen molar-refractivity contribution in [3.05, 3.63) is 62.3 Å². The van der Waals surface area contributed by atoms with Crippen LogP contribution in [0.3, 0.4) is 0 Å². The van der Waals surface area contributed by atoms with Crippen LogP contribution in [0.5, 0.6) is 0 Å². The maximum absolute atomic E-state index is 12.2. The van der Waals surface area contributed by atoms with Crippen molar-refractivity contribution in [1.29, 1.82) is 0 Å². The summed E-state index contributed by atoms with van der Waals surface area (Å²) in [7, 11) is 1.72. The van der Waals surface area contributed by atoms with Gasteiger partial charge in [0.05, 0.1) is 10.0 Å². The van der Waals surface area contributed by atoms with Gasteiger partial charge in [0.25, 0.3) is 5.91 Å². The zero-order chi connectivity index (χ0) is 14.7. The fraction of sp³-hybridized carbons (Fsp3) is 0.143. The SMILES string of the molecule is CN(Cc1ccc(Cl)c(Cl)c1)C(=O)c1cccc(Br)n1. The van der Waals surface area contributed by atoms with Gasteiger partial charge in [-0.2, -0.15) is 0 Å². The molecule has 20 heavy (non-hydrogen) atoms. The molecule has 0 unspecified atom stereocenters. The van der Waals surface area contributed by atoms with Crippen LogP contribution in [0.15, 0.2) is 41.0 Å². The lowest BCUT2D eigenvalue weighted by atomic mass is 10.2. The van der Waals surface area contributed by atoms with E-state index in [1.165, 1.54) is 0 Å². The summed E-state index contributed by atoms with van der Waals surface area (Å²) >= 11 is 15.1. The number of carbonyl (C=O) groups excluding carboxylic acids is 1. The Kier molecular flexibility index (Phi) is 5.02. The first kappa shape index (κ1) is 15.3. The zero-order valence-corrected chi connectivity index (χ0v) is 13.7. The minimum absolute atomic E-state index is 0.155. The van der Waals surface area contributed by atoms with Gasteiger partial charge in [-0.05, 0) is 45.8 Å². The van der Waals surface area contributed by atoms with Crippen molar-refractivity contribution in [3.8, 4) is 0 Å². The number of aromatic nitrogens is 1. The normalized spacial score (nSPS) is 10.4. The summed E-state index contributed by atoms with van der Waals surface area (Å²) in [6, 6.07) is 10.5. The Morgan fingerprint density at radius 3 is 2.65 bits per heavy atom. The molecule has 0 saturated carbocycles. The molecule has 104 valence electrons. The van der Waals surface area contributed by atoms with Crippen LogP contribution in [0.4, 0.5) is 0 Å². The summed E-state index contributed by atoms with van der Waals surface area (Å²) in [6.45, 7) is 0.434. The summed E-state index contributed by atoms with van der Waals surface area (Å²) in [5, 5.41) is 0.976. The van der Waals surface area contributed by atoms with Crippen LogP contribution in [0, 0.1) is 0 Å². The molecular weight excluding hydrogens is 363 g/mol. The van der Waals surface area contributed by atoms with Crippen LogP contribution in [0.25, 0.3) is 0 Å². The molecule has 0 atom stereocenters. The minimum atomic E-state index is -0.155. The highest BCUT2D eigenvalue weighted by molar-refractivity contribution is 9.10. The molecule has 0 aliphatic carbocycles. The molecule has 0 aliphatic rings. The highest BCUT2D eigenvalue weighted by Gasteiger charge is 2.14. The predicted molar refractivity (Wildman–Crippen MR) is 84.2 cm³/mol. The van der Waals surface area contributed by atoms with E-state index in [1.807, 2.05) is 6.07 Å². The van der Waals surface area contributed by atoms with Crippen LogP contribution in [-0.2, 0) is 6.54 Å². The van der Waals surface area contributed by atoms with Gasteiger partial charge < -0.3 is 4.90 Å². The van der Waals surface area contributed by atoms with E-state index in [9.17, 15) is 4.79 Å². The lowest BCUT2D eigenvalue weighted by molar-refractivity contribution is 0.0779. The molecule has 6 heteroatoms. The van der Waals surface area contributed by atoms with Crippen molar-refractivity contribution < 1.29 is 4.79 Å². The fourth-order valence-corrected chi connectivity index (χ4v) is 2.37. The van der Waals surface area contributed by atoms with Crippen molar-refractivity contribution in [2.24, 2.45) is 0 Å². The quantitative estimate of drug-likeness (QED) is 0.746. The Bertz CT molecular complexity index is 649. The van der Waals surface area contributed by atoms with Crippen LogP contribution in [0.2, 0.25) is 10.0 Å². The second-order valence-electron chi connectivity index (χ2n) is 4.26. The molecule has 0 bridgehead atoms. The maximum atomic E-state index is 12.2. The van der Waals surface area contributed by atoms with E-state index >= 15 is 0 Å². The molecule has 0 saturated heterocycles. The van der Waals surface area contributed by atoms with E-state index in [-0.39, 0.29) is 5.91 Å². The topological polar surface area (TPSA) is 33.2 Å². The standard InChI is InChI=1S/C14H11BrCl2N2O/c1-19(8-9-5-6-10(16)11(17)7-9)14(20)12-3-2-4-13(15)18-12/h2-7H,8H2,1H3. The van der Waals surface area contributed by atoms with Gasteiger partial charge in [0.15, 0.2) is 0 Å². The Hall–Kier alpha value is -1.10. The van der Waals surface area contributed by atoms with E-state index in [1.54, 1.807) is 42.3 Å². The van der Waals surface area contributed by atoms with E-state index in [0.29, 0.717) is 26.9 Å². The third-order valence-corrected chi connectivity index (χ3v) is 3.87. The molecule has 3 nitrogen and oxygen atoms in total. The number of benzene rings is 1. The first-order valence-electron chi connectivity index (χ1n) is 5.79. The Morgan fingerprint density at radius 1 is 1.25 bits per heavy atom. The Morgan fingerprint density at radius 2 is 2.00 bits per heavy atom. The van der Waals surface area contributed by atoms with Gasteiger partial charge in [-0.1, -0.05) is 35.3 Å². The summed E-state index contributed by atoms with van der Waals surface area (Å²) in [6.07, 6.45) is 0. The number of hydrogen-bond acceptors (Lipinski definition) is 2. The molecule has 2 rings (SSSR count). The third kappa shape index (κ3) is 3.72. The highest BCUT2D eigenvalue weighted by atomic mass is 79.9. The Labute approximate surface area is 135 Å². The minimum Gasteiger partial charge on any atom is -0.336 e. The van der Waals surface area contributed by atoms with Gasteiger partial charge in [-0.3, -0.25) is 4.79 Å². The summed E-state index contributed by atoms with van der Waals surface area (Å²) in [4.78, 5) is 18.0. The van der Waals surface area contributed by atoms with E-state index in [4.69, 9.17) is 23.2 Å². The number of halogens is 3. The number of pyridine rings is 1. The first-order chi connectivity index (χ1) is 9.47. The second-order valence-corrected chi connectivity index (χ2v) is 5.88. The van der Waals surface area contributed by atoms with Crippen molar-refractivity contribution in [2.75, 3.05) is 7.05 Å². The molecule has 0 N–H and O–H groups in total. The van der Waals surface area contributed by atoms with Gasteiger partial charge in [0.1, 0.15) is 10.3 Å². The van der Waals surface area contributed by atoms with Crippen LogP contribution >= 0.6 is 39.1 Å². The van der Waals surface area contributed by atoms with Crippen molar-refractivity contribution in [2.45, 2.75) is 6.54 Å². The Balaban J connectivity index is 2.13. The number of amides is 1. The predicted octanol–water partition coefficient (Wildman–Crippen LogP) is 4.42. The van der Waals surface area contributed by atoms with Crippen molar-refractivity contribution in [3.63, 3.8) is 0 Å². The molecule has 1 heterocycles. The second kappa shape index (κ2) is 6.57. The van der Waals surface area contributed by atoms with Gasteiger partial charge in [-0.15, -0.1) is 0 Å². The maximum Gasteiger partial charge on any atom is 0.272 e. The van der Waals surface area contributed by atoms with E-state index < -0.39 is 0 Å². The average molecular weight is 374 g/mol. The fourth-order valence-electron chi connectivity index (χ4n) is 1.71. The van der Waals surface area contributed by atoms with Crippen LogP contribution in [-0.4, -0.2) is 22.8 Å². The molecular formula is C14H11BrCl2N2O. The zero-order valence-electron chi connectivity index (χ0n) is 10.6. The molecule has 1 aromatic heterocycles. The molecule has 0 aliphatic heterocycles. The smallest absolute Gasteiger partial charge is 0.272 e. The van der Waals surface area contributed by atoms with Gasteiger partial charge in [0.2, 0.25) is 0 Å². The van der Waals surface area contributed by atoms with Crippen molar-refractivity contribution >= 4 is 45.0 Å². The number of rotatable bonds is 3. The lowest BCUT2D eigenvalue weighted by Gasteiger charge is -2.17. The van der Waals surface area contributed by atoms with E-state index in [2.05, 4.69) is 20.9 Å². The highest BCUT2D eigenvalue weighted by Crippen LogP contribution is 2.23. The monoisotopic (exact) mass is 372 g/mol. The molecule has 0 spiro atoms. The van der Waals surface area contributed by atoms with E-state index in [0.717, 1.165) is 5.56 Å². The number of hydrogen-bond donors (Lipinski definition) is 0. The summed E-state index contributed by atoms with van der Waals surface area (Å²) in [5.41, 5.74) is 1.30. The van der Waals surface area contributed by atoms with Crippen LogP contribution < -0.4 is 0 Å². The molecule has 2 aromatic rings. The molecule has 0 radical (unpaired) electrons. The first-order valence-corrected chi connectivity index (χ1v) is 7.34. The number of carbonyl (C=O) groups is 1. The molecule has 1 aromatic carbocycles. The third-order valence-electron chi connectivity index (χ3n) is 2.68. The van der Waals surface area contributed by atoms with Gasteiger partial charge in [-0.25, -0.2) is 4.98 Å². The lowest BCUT2D eigenvalue weighted by Crippen LogP contribution is -2.27. The van der Waals surface area contributed by atoms with Crippen LogP contribution in [0.1, 0.15) is 16.1 Å². The largest absolute Gasteiger partial charge is 0.336 e. The summed E-state index contributed by atoms with van der Waals surface area (Å²) < 4.78 is 0.631. The molecule has 1 amide bonds. The van der Waals surface area contributed by atoms with Crippen molar-refractivity contribution in [1.82, 2.24) is 9.88 Å². The summed E-state index contributed by atoms with van der Waals surface area (Å²) in [5.74, 6) is -0.155. The molecule has 0 fully saturated rings. The van der Waals surface area contributed by atoms with Gasteiger partial charge >= 0.3 is 0 Å². The van der Waals surface area contributed by atoms with Gasteiger partial charge in [0, 0.05) is 13.6 Å².